The molecule has 1 aliphatic carbocycles. The van der Waals surface area contributed by atoms with Gasteiger partial charge in [-0.25, -0.2) is 0 Å². The van der Waals surface area contributed by atoms with Crippen LogP contribution in [0.25, 0.3) is 0 Å². The summed E-state index contributed by atoms with van der Waals surface area (Å²) in [5.74, 6) is 0.115. The van der Waals surface area contributed by atoms with Gasteiger partial charge in [0, 0.05) is 0 Å². The number of benzene rings is 1. The fourth-order valence-electron chi connectivity index (χ4n) is 3.04. The minimum absolute atomic E-state index is 0.0438. The van der Waals surface area contributed by atoms with Gasteiger partial charge in [0.15, 0.2) is 0 Å². The minimum Gasteiger partial charge on any atom is -0.388 e. The Hall–Kier alpha value is -1.03. The Morgan fingerprint density at radius 3 is 2.21 bits per heavy atom. The molecule has 0 amide bonds. The molecule has 1 nitrogen and oxygen atoms in total. The second-order valence-corrected chi connectivity index (χ2v) is 6.05. The van der Waals surface area contributed by atoms with E-state index in [1.54, 1.807) is 0 Å². The van der Waals surface area contributed by atoms with E-state index in [2.05, 4.69) is 13.8 Å². The second-order valence-electron chi connectivity index (χ2n) is 6.05. The van der Waals surface area contributed by atoms with Crippen LogP contribution < -0.4 is 0 Å². The van der Waals surface area contributed by atoms with E-state index < -0.39 is 17.8 Å². The fraction of sp³-hybridized carbons (Fsp3) is 0.600. The molecular weight excluding hydrogens is 253 g/mol. The lowest BCUT2D eigenvalue weighted by Crippen LogP contribution is -2.24. The van der Waals surface area contributed by atoms with Crippen molar-refractivity contribution in [2.75, 3.05) is 0 Å². The number of halogens is 3. The summed E-state index contributed by atoms with van der Waals surface area (Å²) >= 11 is 0. The highest BCUT2D eigenvalue weighted by Gasteiger charge is 2.39. The van der Waals surface area contributed by atoms with Crippen LogP contribution in [-0.4, -0.2) is 5.11 Å². The van der Waals surface area contributed by atoms with Crippen molar-refractivity contribution in [3.05, 3.63) is 35.4 Å². The van der Waals surface area contributed by atoms with Crippen molar-refractivity contribution < 1.29 is 18.3 Å². The van der Waals surface area contributed by atoms with Crippen molar-refractivity contribution >= 4 is 0 Å². The van der Waals surface area contributed by atoms with Crippen LogP contribution in [0.4, 0.5) is 13.2 Å². The molecule has 4 heteroatoms. The van der Waals surface area contributed by atoms with Crippen LogP contribution in [0.15, 0.2) is 24.3 Å². The second kappa shape index (κ2) is 4.82. The Labute approximate surface area is 111 Å². The van der Waals surface area contributed by atoms with E-state index in [0.29, 0.717) is 5.56 Å². The third kappa shape index (κ3) is 2.94. The minimum atomic E-state index is -4.32. The Kier molecular flexibility index (Phi) is 3.65. The molecule has 1 aromatic carbocycles. The fourth-order valence-corrected chi connectivity index (χ4v) is 3.04. The predicted molar refractivity (Wildman–Crippen MR) is 67.5 cm³/mol. The van der Waals surface area contributed by atoms with Gasteiger partial charge >= 0.3 is 6.18 Å². The van der Waals surface area contributed by atoms with Crippen molar-refractivity contribution in [1.29, 1.82) is 0 Å². The molecule has 2 unspecified atom stereocenters. The van der Waals surface area contributed by atoms with Gasteiger partial charge in [0.05, 0.1) is 11.7 Å². The molecule has 0 bridgehead atoms. The Morgan fingerprint density at radius 2 is 1.79 bits per heavy atom. The smallest absolute Gasteiger partial charge is 0.388 e. The average Bonchev–Trinajstić information content (AvgIpc) is 2.67. The monoisotopic (exact) mass is 272 g/mol. The molecule has 1 saturated carbocycles. The van der Waals surface area contributed by atoms with Gasteiger partial charge in [-0.2, -0.15) is 13.2 Å². The van der Waals surface area contributed by atoms with Crippen molar-refractivity contribution in [2.45, 2.75) is 45.4 Å². The van der Waals surface area contributed by atoms with Crippen molar-refractivity contribution in [1.82, 2.24) is 0 Å². The van der Waals surface area contributed by atoms with E-state index in [0.717, 1.165) is 31.4 Å². The SMILES string of the molecule is CC1(C)CCCC1C(O)c1ccc(C(F)(F)F)cc1. The number of hydrogen-bond acceptors (Lipinski definition) is 1. The van der Waals surface area contributed by atoms with Crippen LogP contribution >= 0.6 is 0 Å². The molecule has 1 aromatic rings. The van der Waals surface area contributed by atoms with E-state index in [-0.39, 0.29) is 11.3 Å². The summed E-state index contributed by atoms with van der Waals surface area (Å²) in [6.07, 6.45) is -1.96. The summed E-state index contributed by atoms with van der Waals surface area (Å²) in [6, 6.07) is 4.87. The number of hydrogen-bond donors (Lipinski definition) is 1. The summed E-state index contributed by atoms with van der Waals surface area (Å²) in [6.45, 7) is 4.22. The topological polar surface area (TPSA) is 20.2 Å². The molecule has 1 N–H and O–H groups in total. The summed E-state index contributed by atoms with van der Waals surface area (Å²) in [7, 11) is 0. The Bertz CT molecular complexity index is 434. The zero-order valence-corrected chi connectivity index (χ0v) is 11.2. The number of rotatable bonds is 2. The van der Waals surface area contributed by atoms with E-state index in [9.17, 15) is 18.3 Å². The molecule has 0 aromatic heterocycles. The number of aliphatic hydroxyl groups excluding tert-OH is 1. The normalized spacial score (nSPS) is 24.4. The van der Waals surface area contributed by atoms with Gasteiger partial charge in [0.2, 0.25) is 0 Å². The molecule has 0 radical (unpaired) electrons. The first-order chi connectivity index (χ1) is 8.72. The van der Waals surface area contributed by atoms with E-state index >= 15 is 0 Å². The lowest BCUT2D eigenvalue weighted by atomic mass is 9.77. The maximum Gasteiger partial charge on any atom is 0.416 e. The lowest BCUT2D eigenvalue weighted by Gasteiger charge is -2.31. The molecule has 2 rings (SSSR count). The quantitative estimate of drug-likeness (QED) is 0.836. The van der Waals surface area contributed by atoms with Crippen LogP contribution in [0.2, 0.25) is 0 Å². The molecule has 106 valence electrons. The van der Waals surface area contributed by atoms with Gasteiger partial charge < -0.3 is 5.11 Å². The lowest BCUT2D eigenvalue weighted by molar-refractivity contribution is -0.137. The molecule has 0 saturated heterocycles. The van der Waals surface area contributed by atoms with Crippen LogP contribution in [-0.2, 0) is 6.18 Å². The first-order valence-corrected chi connectivity index (χ1v) is 6.57. The van der Waals surface area contributed by atoms with Crippen LogP contribution in [0, 0.1) is 11.3 Å². The van der Waals surface area contributed by atoms with Crippen LogP contribution in [0.5, 0.6) is 0 Å². The zero-order valence-electron chi connectivity index (χ0n) is 11.2. The zero-order chi connectivity index (χ0) is 14.3. The third-order valence-electron chi connectivity index (χ3n) is 4.30. The van der Waals surface area contributed by atoms with Gasteiger partial charge in [-0.3, -0.25) is 0 Å². The highest BCUT2D eigenvalue weighted by molar-refractivity contribution is 5.26. The van der Waals surface area contributed by atoms with Gasteiger partial charge in [-0.15, -0.1) is 0 Å². The molecular formula is C15H19F3O. The molecule has 0 spiro atoms. The summed E-state index contributed by atoms with van der Waals surface area (Å²) in [5, 5.41) is 10.4. The number of alkyl halides is 3. The maximum atomic E-state index is 12.5. The summed E-state index contributed by atoms with van der Waals surface area (Å²) in [4.78, 5) is 0. The Morgan fingerprint density at radius 1 is 1.21 bits per heavy atom. The van der Waals surface area contributed by atoms with Crippen molar-refractivity contribution in [3.63, 3.8) is 0 Å². The van der Waals surface area contributed by atoms with Crippen molar-refractivity contribution in [3.8, 4) is 0 Å². The standard InChI is InChI=1S/C15H19F3O/c1-14(2)9-3-4-12(14)13(19)10-5-7-11(8-6-10)15(16,17)18/h5-8,12-13,19H,3-4,9H2,1-2H3. The highest BCUT2D eigenvalue weighted by atomic mass is 19.4. The number of aliphatic hydroxyl groups is 1. The molecule has 19 heavy (non-hydrogen) atoms. The molecule has 0 aliphatic heterocycles. The van der Waals surface area contributed by atoms with Gasteiger partial charge in [0.1, 0.15) is 0 Å². The van der Waals surface area contributed by atoms with E-state index in [4.69, 9.17) is 0 Å². The predicted octanol–water partition coefficient (Wildman–Crippen LogP) is 4.57. The van der Waals surface area contributed by atoms with Gasteiger partial charge in [-0.05, 0) is 41.9 Å². The highest BCUT2D eigenvalue weighted by Crippen LogP contribution is 2.48. The first-order valence-electron chi connectivity index (χ1n) is 6.57. The summed E-state index contributed by atoms with van der Waals surface area (Å²) < 4.78 is 37.4. The largest absolute Gasteiger partial charge is 0.416 e. The molecule has 1 fully saturated rings. The van der Waals surface area contributed by atoms with E-state index in [1.807, 2.05) is 0 Å². The van der Waals surface area contributed by atoms with Gasteiger partial charge in [0.25, 0.3) is 0 Å². The molecule has 1 aliphatic rings. The van der Waals surface area contributed by atoms with Crippen molar-refractivity contribution in [2.24, 2.45) is 11.3 Å². The van der Waals surface area contributed by atoms with Gasteiger partial charge in [-0.1, -0.05) is 32.4 Å². The van der Waals surface area contributed by atoms with Crippen LogP contribution in [0.3, 0.4) is 0 Å². The maximum absolute atomic E-state index is 12.5. The average molecular weight is 272 g/mol. The van der Waals surface area contributed by atoms with Crippen LogP contribution in [0.1, 0.15) is 50.3 Å². The first kappa shape index (κ1) is 14.4. The Balaban J connectivity index is 2.18. The summed E-state index contributed by atoms with van der Waals surface area (Å²) in [5.41, 5.74) is -0.0515. The molecule has 2 atom stereocenters. The van der Waals surface area contributed by atoms with E-state index in [1.165, 1.54) is 12.1 Å². The molecule has 0 heterocycles. The third-order valence-corrected chi connectivity index (χ3v) is 4.30.